The lowest BCUT2D eigenvalue weighted by Gasteiger charge is -2.31. The van der Waals surface area contributed by atoms with E-state index in [9.17, 15) is 9.59 Å². The molecule has 0 radical (unpaired) electrons. The average Bonchev–Trinajstić information content (AvgIpc) is 3.29. The van der Waals surface area contributed by atoms with Crippen molar-refractivity contribution in [1.82, 2.24) is 10.2 Å². The molecule has 33 heavy (non-hydrogen) atoms. The first-order valence-corrected chi connectivity index (χ1v) is 11.8. The SMILES string of the molecule is CN(CCOc1cccc(CNC(=O)c2ccc(N3CCCC3=O)cc2)c1)C1CCOCC1. The van der Waals surface area contributed by atoms with Crippen molar-refractivity contribution in [3.63, 3.8) is 0 Å². The molecule has 0 aliphatic carbocycles. The summed E-state index contributed by atoms with van der Waals surface area (Å²) in [5.41, 5.74) is 2.41. The molecule has 2 amide bonds. The van der Waals surface area contributed by atoms with Crippen molar-refractivity contribution in [2.45, 2.75) is 38.3 Å². The molecule has 2 aromatic rings. The number of benzene rings is 2. The summed E-state index contributed by atoms with van der Waals surface area (Å²) < 4.78 is 11.4. The van der Waals surface area contributed by atoms with Crippen LogP contribution in [-0.2, 0) is 16.1 Å². The Morgan fingerprint density at radius 1 is 1.18 bits per heavy atom. The van der Waals surface area contributed by atoms with Crippen LogP contribution in [-0.4, -0.2) is 62.7 Å². The maximum absolute atomic E-state index is 12.6. The van der Waals surface area contributed by atoms with Crippen molar-refractivity contribution in [3.05, 3.63) is 59.7 Å². The highest BCUT2D eigenvalue weighted by atomic mass is 16.5. The Kier molecular flexibility index (Phi) is 7.96. The highest BCUT2D eigenvalue weighted by Crippen LogP contribution is 2.22. The van der Waals surface area contributed by atoms with Crippen LogP contribution in [0.4, 0.5) is 5.69 Å². The van der Waals surface area contributed by atoms with Gasteiger partial charge in [-0.3, -0.25) is 14.5 Å². The molecule has 4 rings (SSSR count). The van der Waals surface area contributed by atoms with Gasteiger partial charge in [-0.15, -0.1) is 0 Å². The van der Waals surface area contributed by atoms with Crippen molar-refractivity contribution in [3.8, 4) is 5.75 Å². The van der Waals surface area contributed by atoms with Gasteiger partial charge in [-0.2, -0.15) is 0 Å². The van der Waals surface area contributed by atoms with Crippen molar-refractivity contribution in [2.24, 2.45) is 0 Å². The van der Waals surface area contributed by atoms with Crippen LogP contribution in [0.15, 0.2) is 48.5 Å². The zero-order chi connectivity index (χ0) is 23.0. The lowest BCUT2D eigenvalue weighted by atomic mass is 10.1. The number of anilines is 1. The molecular formula is C26H33N3O4. The number of carbonyl (C=O) groups is 2. The first kappa shape index (κ1) is 23.3. The lowest BCUT2D eigenvalue weighted by Crippen LogP contribution is -2.38. The van der Waals surface area contributed by atoms with Crippen LogP contribution in [0.3, 0.4) is 0 Å². The standard InChI is InChI=1S/C26H33N3O4/c1-28(22-11-15-32-16-12-22)14-17-33-24-5-2-4-20(18-24)19-27-26(31)21-7-9-23(10-8-21)29-13-3-6-25(29)30/h2,4-5,7-10,18,22H,3,6,11-17,19H2,1H3,(H,27,31). The molecule has 2 aliphatic rings. The molecule has 0 atom stereocenters. The monoisotopic (exact) mass is 451 g/mol. The van der Waals surface area contributed by atoms with Gasteiger partial charge in [0.15, 0.2) is 0 Å². The second-order valence-corrected chi connectivity index (χ2v) is 8.70. The van der Waals surface area contributed by atoms with E-state index < -0.39 is 0 Å². The fourth-order valence-corrected chi connectivity index (χ4v) is 4.36. The number of likely N-dealkylation sites (N-methyl/N-ethyl adjacent to an activating group) is 1. The van der Waals surface area contributed by atoms with Crippen molar-refractivity contribution in [1.29, 1.82) is 0 Å². The minimum atomic E-state index is -0.140. The molecule has 7 heteroatoms. The first-order chi connectivity index (χ1) is 16.1. The summed E-state index contributed by atoms with van der Waals surface area (Å²) >= 11 is 0. The topological polar surface area (TPSA) is 71.1 Å². The Hall–Kier alpha value is -2.90. The molecule has 1 N–H and O–H groups in total. The highest BCUT2D eigenvalue weighted by Gasteiger charge is 2.21. The lowest BCUT2D eigenvalue weighted by molar-refractivity contribution is -0.117. The van der Waals surface area contributed by atoms with Crippen LogP contribution in [0.1, 0.15) is 41.6 Å². The average molecular weight is 452 g/mol. The second-order valence-electron chi connectivity index (χ2n) is 8.70. The molecule has 0 saturated carbocycles. The van der Waals surface area contributed by atoms with Gasteiger partial charge in [-0.25, -0.2) is 0 Å². The molecule has 2 heterocycles. The predicted molar refractivity (Wildman–Crippen MR) is 128 cm³/mol. The number of nitrogens with zero attached hydrogens (tertiary/aromatic N) is 2. The van der Waals surface area contributed by atoms with Gasteiger partial charge >= 0.3 is 0 Å². The Morgan fingerprint density at radius 2 is 1.97 bits per heavy atom. The summed E-state index contributed by atoms with van der Waals surface area (Å²) in [6.07, 6.45) is 3.63. The summed E-state index contributed by atoms with van der Waals surface area (Å²) in [4.78, 5) is 28.6. The quantitative estimate of drug-likeness (QED) is 0.634. The third kappa shape index (κ3) is 6.33. The van der Waals surface area contributed by atoms with Crippen LogP contribution in [0, 0.1) is 0 Å². The smallest absolute Gasteiger partial charge is 0.251 e. The minimum Gasteiger partial charge on any atom is -0.492 e. The van der Waals surface area contributed by atoms with E-state index in [4.69, 9.17) is 9.47 Å². The summed E-state index contributed by atoms with van der Waals surface area (Å²) in [5.74, 6) is 0.810. The molecule has 2 aromatic carbocycles. The van der Waals surface area contributed by atoms with Crippen molar-refractivity contribution in [2.75, 3.05) is 44.9 Å². The summed E-state index contributed by atoms with van der Waals surface area (Å²) in [6.45, 7) is 4.33. The maximum Gasteiger partial charge on any atom is 0.251 e. The van der Waals surface area contributed by atoms with Gasteiger partial charge in [0, 0.05) is 56.6 Å². The summed E-state index contributed by atoms with van der Waals surface area (Å²) in [5, 5.41) is 2.96. The largest absolute Gasteiger partial charge is 0.492 e. The van der Waals surface area contributed by atoms with Crippen molar-refractivity contribution >= 4 is 17.5 Å². The van der Waals surface area contributed by atoms with E-state index in [1.165, 1.54) is 0 Å². The Bertz CT molecular complexity index is 941. The molecule has 0 spiro atoms. The number of carbonyl (C=O) groups excluding carboxylic acids is 2. The number of nitrogens with one attached hydrogen (secondary N) is 1. The Balaban J connectivity index is 1.23. The molecule has 0 bridgehead atoms. The van der Waals surface area contributed by atoms with E-state index in [1.807, 2.05) is 36.4 Å². The normalized spacial score (nSPS) is 16.9. The Labute approximate surface area is 195 Å². The van der Waals surface area contributed by atoms with Crippen LogP contribution in [0.25, 0.3) is 0 Å². The minimum absolute atomic E-state index is 0.140. The fraction of sp³-hybridized carbons (Fsp3) is 0.462. The van der Waals surface area contributed by atoms with Gasteiger partial charge in [0.05, 0.1) is 0 Å². The van der Waals surface area contributed by atoms with E-state index in [2.05, 4.69) is 17.3 Å². The van der Waals surface area contributed by atoms with Gasteiger partial charge in [-0.1, -0.05) is 12.1 Å². The van der Waals surface area contributed by atoms with Crippen LogP contribution < -0.4 is 15.0 Å². The van der Waals surface area contributed by atoms with Gasteiger partial charge in [0.1, 0.15) is 12.4 Å². The molecule has 7 nitrogen and oxygen atoms in total. The fourth-order valence-electron chi connectivity index (χ4n) is 4.36. The molecule has 2 aliphatic heterocycles. The zero-order valence-electron chi connectivity index (χ0n) is 19.3. The van der Waals surface area contributed by atoms with Crippen LogP contribution >= 0.6 is 0 Å². The number of rotatable bonds is 9. The van der Waals surface area contributed by atoms with Gasteiger partial charge < -0.3 is 19.7 Å². The van der Waals surface area contributed by atoms with Crippen LogP contribution in [0.2, 0.25) is 0 Å². The molecule has 2 saturated heterocycles. The molecular weight excluding hydrogens is 418 g/mol. The summed E-state index contributed by atoms with van der Waals surface area (Å²) in [7, 11) is 2.14. The van der Waals surface area contributed by atoms with E-state index in [0.717, 1.165) is 62.6 Å². The predicted octanol–water partition coefficient (Wildman–Crippen LogP) is 3.23. The third-order valence-corrected chi connectivity index (χ3v) is 6.39. The molecule has 0 aromatic heterocycles. The van der Waals surface area contributed by atoms with E-state index in [1.54, 1.807) is 17.0 Å². The van der Waals surface area contributed by atoms with Crippen LogP contribution in [0.5, 0.6) is 5.75 Å². The number of hydrogen-bond acceptors (Lipinski definition) is 5. The van der Waals surface area contributed by atoms with Gasteiger partial charge in [0.2, 0.25) is 5.91 Å². The van der Waals surface area contributed by atoms with E-state index in [-0.39, 0.29) is 11.8 Å². The molecule has 2 fully saturated rings. The van der Waals surface area contributed by atoms with Gasteiger partial charge in [-0.05, 0) is 68.3 Å². The number of hydrogen-bond donors (Lipinski definition) is 1. The number of amides is 2. The number of ether oxygens (including phenoxy) is 2. The molecule has 176 valence electrons. The highest BCUT2D eigenvalue weighted by molar-refractivity contribution is 5.97. The zero-order valence-corrected chi connectivity index (χ0v) is 19.3. The third-order valence-electron chi connectivity index (χ3n) is 6.39. The second kappa shape index (κ2) is 11.3. The molecule has 0 unspecified atom stereocenters. The van der Waals surface area contributed by atoms with Crippen molar-refractivity contribution < 1.29 is 19.1 Å². The first-order valence-electron chi connectivity index (χ1n) is 11.8. The van der Waals surface area contributed by atoms with E-state index >= 15 is 0 Å². The summed E-state index contributed by atoms with van der Waals surface area (Å²) in [6, 6.07) is 15.6. The maximum atomic E-state index is 12.6. The Morgan fingerprint density at radius 3 is 2.70 bits per heavy atom. The van der Waals surface area contributed by atoms with E-state index in [0.29, 0.717) is 31.2 Å². The van der Waals surface area contributed by atoms with Gasteiger partial charge in [0.25, 0.3) is 5.91 Å².